The molecular weight excluding hydrogens is 240 g/mol. The van der Waals surface area contributed by atoms with E-state index in [-0.39, 0.29) is 0 Å². The molecule has 18 heavy (non-hydrogen) atoms. The third kappa shape index (κ3) is 2.25. The minimum Gasteiger partial charge on any atom is -0.394 e. The monoisotopic (exact) mass is 256 g/mol. The van der Waals surface area contributed by atoms with Crippen molar-refractivity contribution < 1.29 is 24.9 Å². The van der Waals surface area contributed by atoms with Crippen molar-refractivity contribution in [1.82, 2.24) is 4.90 Å². The van der Waals surface area contributed by atoms with Crippen LogP contribution in [0.1, 0.15) is 6.42 Å². The molecule has 4 atom stereocenters. The number of hydrogen-bond donors (Lipinski definition) is 4. The van der Waals surface area contributed by atoms with Crippen molar-refractivity contribution in [3.63, 3.8) is 0 Å². The summed E-state index contributed by atoms with van der Waals surface area (Å²) in [6.45, 7) is -0.390. The Labute approximate surface area is 104 Å². The molecule has 1 saturated heterocycles. The van der Waals surface area contributed by atoms with Crippen LogP contribution in [0.3, 0.4) is 0 Å². The Kier molecular flexibility index (Phi) is 3.67. The van der Waals surface area contributed by atoms with Crippen LogP contribution >= 0.6 is 0 Å². The van der Waals surface area contributed by atoms with Gasteiger partial charge in [-0.25, -0.2) is 0 Å². The molecule has 100 valence electrons. The quantitative estimate of drug-likeness (QED) is 0.465. The number of aliphatic hydroxyl groups is 3. The lowest BCUT2D eigenvalue weighted by molar-refractivity contribution is -0.114. The Hall–Kier alpha value is -1.41. The van der Waals surface area contributed by atoms with Crippen molar-refractivity contribution >= 4 is 5.91 Å². The molecule has 0 unspecified atom stereocenters. The van der Waals surface area contributed by atoms with Gasteiger partial charge in [0.2, 0.25) is 5.91 Å². The zero-order valence-corrected chi connectivity index (χ0v) is 9.64. The molecule has 1 amide bonds. The van der Waals surface area contributed by atoms with Crippen LogP contribution in [0, 0.1) is 0 Å². The van der Waals surface area contributed by atoms with E-state index in [1.165, 1.54) is 11.1 Å². The summed E-state index contributed by atoms with van der Waals surface area (Å²) in [5.74, 6) is -0.545. The average Bonchev–Trinajstić information content (AvgIpc) is 2.66. The van der Waals surface area contributed by atoms with Crippen molar-refractivity contribution in [3.8, 4) is 0 Å². The number of carbonyl (C=O) groups excluding carboxylic acids is 1. The summed E-state index contributed by atoms with van der Waals surface area (Å²) in [6, 6.07) is 0. The number of ether oxygens (including phenoxy) is 1. The third-order valence-corrected chi connectivity index (χ3v) is 3.05. The first-order chi connectivity index (χ1) is 8.54. The highest BCUT2D eigenvalue weighted by Gasteiger charge is 2.44. The van der Waals surface area contributed by atoms with Crippen molar-refractivity contribution in [1.29, 1.82) is 0 Å². The lowest BCUT2D eigenvalue weighted by atomic mass is 10.1. The molecule has 2 aliphatic rings. The van der Waals surface area contributed by atoms with Crippen LogP contribution in [0.4, 0.5) is 0 Å². The summed E-state index contributed by atoms with van der Waals surface area (Å²) < 4.78 is 5.33. The minimum atomic E-state index is -1.17. The van der Waals surface area contributed by atoms with E-state index in [2.05, 4.69) is 0 Å². The van der Waals surface area contributed by atoms with Crippen molar-refractivity contribution in [2.24, 2.45) is 5.73 Å². The highest BCUT2D eigenvalue weighted by Crippen LogP contribution is 2.26. The third-order valence-electron chi connectivity index (χ3n) is 3.05. The Morgan fingerprint density at radius 3 is 2.78 bits per heavy atom. The van der Waals surface area contributed by atoms with Gasteiger partial charge in [-0.15, -0.1) is 0 Å². The molecule has 7 nitrogen and oxygen atoms in total. The van der Waals surface area contributed by atoms with Crippen LogP contribution in [-0.4, -0.2) is 57.3 Å². The van der Waals surface area contributed by atoms with E-state index in [0.717, 1.165) is 0 Å². The smallest absolute Gasteiger partial charge is 0.246 e. The van der Waals surface area contributed by atoms with E-state index in [0.29, 0.717) is 12.0 Å². The molecule has 2 aliphatic heterocycles. The molecule has 2 rings (SSSR count). The summed E-state index contributed by atoms with van der Waals surface area (Å²) in [4.78, 5) is 12.5. The topological polar surface area (TPSA) is 116 Å². The first-order valence-electron chi connectivity index (χ1n) is 5.61. The van der Waals surface area contributed by atoms with Crippen LogP contribution in [0.15, 0.2) is 24.0 Å². The van der Waals surface area contributed by atoms with Crippen LogP contribution in [-0.2, 0) is 9.53 Å². The lowest BCUT2D eigenvalue weighted by Crippen LogP contribution is -2.40. The van der Waals surface area contributed by atoms with E-state index in [4.69, 9.17) is 15.6 Å². The van der Waals surface area contributed by atoms with Gasteiger partial charge in [-0.3, -0.25) is 4.79 Å². The average molecular weight is 256 g/mol. The molecule has 2 heterocycles. The number of primary amides is 1. The van der Waals surface area contributed by atoms with Crippen molar-refractivity contribution in [2.75, 3.05) is 6.61 Å². The molecule has 0 aliphatic carbocycles. The van der Waals surface area contributed by atoms with Gasteiger partial charge in [0.15, 0.2) is 6.23 Å². The molecular formula is C11H16N2O5. The second-order valence-electron chi connectivity index (χ2n) is 4.28. The number of rotatable bonds is 3. The maximum Gasteiger partial charge on any atom is 0.246 e. The molecule has 0 aromatic rings. The second-order valence-corrected chi connectivity index (χ2v) is 4.28. The van der Waals surface area contributed by atoms with Gasteiger partial charge in [-0.2, -0.15) is 0 Å². The van der Waals surface area contributed by atoms with Gasteiger partial charge < -0.3 is 30.7 Å². The SMILES string of the molecule is NC(=O)C1=CN([C@H]2O[C@H](CO)[C@@H](O)[C@H]2O)C=CC1. The molecule has 0 spiro atoms. The van der Waals surface area contributed by atoms with Crippen molar-refractivity contribution in [3.05, 3.63) is 24.0 Å². The number of allylic oxidation sites excluding steroid dienone is 1. The summed E-state index contributed by atoms with van der Waals surface area (Å²) in [6.07, 6.45) is 1.20. The summed E-state index contributed by atoms with van der Waals surface area (Å²) in [5.41, 5.74) is 5.57. The van der Waals surface area contributed by atoms with E-state index in [1.54, 1.807) is 12.3 Å². The largest absolute Gasteiger partial charge is 0.394 e. The Morgan fingerprint density at radius 1 is 1.50 bits per heavy atom. The molecule has 1 fully saturated rings. The van der Waals surface area contributed by atoms with Crippen LogP contribution in [0.2, 0.25) is 0 Å². The zero-order chi connectivity index (χ0) is 13.3. The van der Waals surface area contributed by atoms with Crippen LogP contribution in [0.25, 0.3) is 0 Å². The fraction of sp³-hybridized carbons (Fsp3) is 0.545. The molecule has 0 aromatic heterocycles. The van der Waals surface area contributed by atoms with Crippen LogP contribution in [0.5, 0.6) is 0 Å². The molecule has 7 heteroatoms. The number of aliphatic hydroxyl groups excluding tert-OH is 3. The molecule has 5 N–H and O–H groups in total. The molecule has 0 saturated carbocycles. The number of nitrogens with two attached hydrogens (primary N) is 1. The first-order valence-corrected chi connectivity index (χ1v) is 5.61. The normalized spacial score (nSPS) is 35.7. The van der Waals surface area contributed by atoms with Gasteiger partial charge in [0.05, 0.1) is 6.61 Å². The minimum absolute atomic E-state index is 0.384. The number of carbonyl (C=O) groups is 1. The maximum atomic E-state index is 11.1. The molecule has 0 aromatic carbocycles. The highest BCUT2D eigenvalue weighted by molar-refractivity contribution is 5.92. The predicted octanol–water partition coefficient (Wildman–Crippen LogP) is -1.99. The van der Waals surface area contributed by atoms with Gasteiger partial charge in [0.1, 0.15) is 18.3 Å². The van der Waals surface area contributed by atoms with Gasteiger partial charge >= 0.3 is 0 Å². The van der Waals surface area contributed by atoms with E-state index >= 15 is 0 Å². The van der Waals surface area contributed by atoms with Gasteiger partial charge in [0.25, 0.3) is 0 Å². The van der Waals surface area contributed by atoms with Crippen LogP contribution < -0.4 is 5.73 Å². The summed E-state index contributed by atoms with van der Waals surface area (Å²) in [7, 11) is 0. The Morgan fingerprint density at radius 2 is 2.22 bits per heavy atom. The predicted molar refractivity (Wildman–Crippen MR) is 60.6 cm³/mol. The van der Waals surface area contributed by atoms with Gasteiger partial charge in [0, 0.05) is 18.0 Å². The van der Waals surface area contributed by atoms with E-state index < -0.39 is 37.1 Å². The fourth-order valence-corrected chi connectivity index (χ4v) is 2.03. The second kappa shape index (κ2) is 5.07. The lowest BCUT2D eigenvalue weighted by Gasteiger charge is -2.28. The van der Waals surface area contributed by atoms with Crippen molar-refractivity contribution in [2.45, 2.75) is 31.0 Å². The number of hydrogen-bond acceptors (Lipinski definition) is 6. The highest BCUT2D eigenvalue weighted by atomic mass is 16.6. The first kappa shape index (κ1) is 13.0. The van der Waals surface area contributed by atoms with E-state index in [9.17, 15) is 15.0 Å². The zero-order valence-electron chi connectivity index (χ0n) is 9.64. The summed E-state index contributed by atoms with van der Waals surface area (Å²) in [5, 5.41) is 28.5. The van der Waals surface area contributed by atoms with Gasteiger partial charge in [-0.05, 0) is 6.42 Å². The fourth-order valence-electron chi connectivity index (χ4n) is 2.03. The Balaban J connectivity index is 2.15. The standard InChI is InChI=1S/C11H16N2O5/c12-10(17)6-2-1-3-13(4-6)11-9(16)8(15)7(5-14)18-11/h1,3-4,7-9,11,14-16H,2,5H2,(H2,12,17)/t7-,8-,9-,11+/m1/s1. The molecule has 0 bridgehead atoms. The number of nitrogens with zero attached hydrogens (tertiary/aromatic N) is 1. The Bertz CT molecular complexity index is 395. The summed E-state index contributed by atoms with van der Waals surface area (Å²) >= 11 is 0. The molecule has 0 radical (unpaired) electrons. The maximum absolute atomic E-state index is 11.1. The van der Waals surface area contributed by atoms with E-state index in [1.807, 2.05) is 0 Å². The van der Waals surface area contributed by atoms with Gasteiger partial charge in [-0.1, -0.05) is 6.08 Å². The number of amides is 1.